The van der Waals surface area contributed by atoms with Gasteiger partial charge < -0.3 is 19.4 Å². The number of hydrogen-bond acceptors (Lipinski definition) is 8. The van der Waals surface area contributed by atoms with Gasteiger partial charge in [-0.2, -0.15) is 0 Å². The second-order valence-electron chi connectivity index (χ2n) is 14.0. The van der Waals surface area contributed by atoms with Crippen LogP contribution in [0.5, 0.6) is 11.6 Å². The Morgan fingerprint density at radius 2 is 1.93 bits per heavy atom. The number of piperidine rings is 1. The van der Waals surface area contributed by atoms with Gasteiger partial charge >= 0.3 is 0 Å². The van der Waals surface area contributed by atoms with Crippen LogP contribution in [-0.4, -0.2) is 82.0 Å². The van der Waals surface area contributed by atoms with Crippen molar-refractivity contribution in [2.75, 3.05) is 44.2 Å². The number of carbonyl (C=O) groups is 2. The number of ketones is 1. The van der Waals surface area contributed by atoms with Crippen molar-refractivity contribution < 1.29 is 22.8 Å². The molecule has 4 aliphatic rings. The Morgan fingerprint density at radius 1 is 1.18 bits per heavy atom. The van der Waals surface area contributed by atoms with Crippen LogP contribution in [0.4, 0.5) is 10.2 Å². The Hall–Kier alpha value is -3.14. The van der Waals surface area contributed by atoms with E-state index in [4.69, 9.17) is 8.85 Å². The predicted molar refractivity (Wildman–Crippen MR) is 166 cm³/mol. The highest BCUT2D eigenvalue weighted by Gasteiger charge is 2.48. The fraction of sp³-hybridized carbons (Fsp3) is 0.676. The molecule has 4 fully saturated rings. The number of hydrogen-bond donors (Lipinski definition) is 0. The van der Waals surface area contributed by atoms with E-state index in [1.165, 1.54) is 24.5 Å². The summed E-state index contributed by atoms with van der Waals surface area (Å²) in [5.74, 6) is -0.0968. The third-order valence-corrected chi connectivity index (χ3v) is 10.7. The van der Waals surface area contributed by atoms with Gasteiger partial charge in [0.25, 0.3) is 11.8 Å². The average Bonchev–Trinajstić information content (AvgIpc) is 3.35. The minimum Gasteiger partial charge on any atom is -0.434 e. The number of likely N-dealkylation sites (tertiary alicyclic amines) is 1. The summed E-state index contributed by atoms with van der Waals surface area (Å²) in [7, 11) is 0. The van der Waals surface area contributed by atoms with Crippen molar-refractivity contribution in [1.29, 1.82) is 0 Å². The Kier molecular flexibility index (Phi) is 7.62. The van der Waals surface area contributed by atoms with Crippen LogP contribution in [0.25, 0.3) is 0 Å². The van der Waals surface area contributed by atoms with Gasteiger partial charge in [0.2, 0.25) is 0 Å². The van der Waals surface area contributed by atoms with Gasteiger partial charge in [0.1, 0.15) is 23.7 Å². The van der Waals surface area contributed by atoms with Crippen molar-refractivity contribution in [3.63, 3.8) is 0 Å². The van der Waals surface area contributed by atoms with Crippen LogP contribution in [-0.2, 0) is 4.79 Å². The molecule has 6 rings (SSSR count). The molecule has 0 radical (unpaired) electrons. The zero-order chi connectivity index (χ0) is 33.6. The van der Waals surface area contributed by atoms with Gasteiger partial charge in [0.05, 0.1) is 5.56 Å². The van der Waals surface area contributed by atoms with Crippen molar-refractivity contribution in [2.24, 2.45) is 22.7 Å². The summed E-state index contributed by atoms with van der Waals surface area (Å²) in [5, 5.41) is 8.14. The van der Waals surface area contributed by atoms with Crippen LogP contribution < -0.4 is 9.64 Å². The van der Waals surface area contributed by atoms with Crippen molar-refractivity contribution in [3.05, 3.63) is 35.9 Å². The zero-order valence-corrected chi connectivity index (χ0v) is 26.2. The Balaban J connectivity index is 1.02. The molecule has 10 heteroatoms. The second kappa shape index (κ2) is 12.3. The maximum Gasteiger partial charge on any atom is 0.282 e. The first-order chi connectivity index (χ1) is 22.3. The van der Waals surface area contributed by atoms with E-state index in [1.54, 1.807) is 4.90 Å². The van der Waals surface area contributed by atoms with Crippen LogP contribution in [0.15, 0.2) is 24.5 Å². The van der Waals surface area contributed by atoms with E-state index in [0.29, 0.717) is 31.1 Å². The summed E-state index contributed by atoms with van der Waals surface area (Å²) in [4.78, 5) is 36.7. The molecule has 1 atom stereocenters. The molecule has 0 bridgehead atoms. The van der Waals surface area contributed by atoms with Gasteiger partial charge in [-0.15, -0.1) is 10.2 Å². The molecule has 2 saturated carbocycles. The quantitative estimate of drug-likeness (QED) is 0.374. The van der Waals surface area contributed by atoms with E-state index < -0.39 is 18.6 Å². The van der Waals surface area contributed by atoms with Gasteiger partial charge in [0, 0.05) is 54.1 Å². The summed E-state index contributed by atoms with van der Waals surface area (Å²) in [5.41, 5.74) is 0.235. The number of benzene rings is 1. The molecular weight excluding hydrogens is 559 g/mol. The fourth-order valence-electron chi connectivity index (χ4n) is 8.07. The number of aromatic nitrogens is 3. The van der Waals surface area contributed by atoms with Crippen molar-refractivity contribution >= 4 is 17.5 Å². The molecule has 2 aromatic rings. The van der Waals surface area contributed by atoms with Crippen molar-refractivity contribution in [2.45, 2.75) is 85.0 Å². The fourth-order valence-corrected chi connectivity index (χ4v) is 8.07. The maximum atomic E-state index is 14.3. The largest absolute Gasteiger partial charge is 0.434 e. The molecule has 238 valence electrons. The predicted octanol–water partition coefficient (Wildman–Crippen LogP) is 5.75. The summed E-state index contributed by atoms with van der Waals surface area (Å²) in [6.45, 7) is 8.81. The van der Waals surface area contributed by atoms with E-state index in [1.807, 2.05) is 20.8 Å². The molecule has 1 aromatic carbocycles. The summed E-state index contributed by atoms with van der Waals surface area (Å²) < 4.78 is 43.7. The van der Waals surface area contributed by atoms with Gasteiger partial charge in [-0.25, -0.2) is 9.37 Å². The van der Waals surface area contributed by atoms with E-state index in [2.05, 4.69) is 25.0 Å². The monoisotopic (exact) mass is 609 g/mol. The first-order valence-electron chi connectivity index (χ1n) is 17.8. The first kappa shape index (κ1) is 27.2. The van der Waals surface area contributed by atoms with Crippen LogP contribution in [0.3, 0.4) is 0 Å². The number of ether oxygens (including phenoxy) is 1. The van der Waals surface area contributed by atoms with Gasteiger partial charge in [0.15, 0.2) is 5.82 Å². The van der Waals surface area contributed by atoms with Crippen LogP contribution in [0, 0.1) is 28.5 Å². The normalized spacial score (nSPS) is 28.1. The highest BCUT2D eigenvalue weighted by Crippen LogP contribution is 2.51. The summed E-state index contributed by atoms with van der Waals surface area (Å²) >= 11 is 0. The first-order valence-corrected chi connectivity index (χ1v) is 16.3. The number of rotatable bonds is 8. The summed E-state index contributed by atoms with van der Waals surface area (Å²) in [6.07, 6.45) is 8.59. The summed E-state index contributed by atoms with van der Waals surface area (Å²) in [6, 6.07) is 3.87. The van der Waals surface area contributed by atoms with Crippen molar-refractivity contribution in [1.82, 2.24) is 25.0 Å². The topological polar surface area (TPSA) is 91.8 Å². The highest BCUT2D eigenvalue weighted by atomic mass is 19.1. The Bertz CT molecular complexity index is 1470. The third kappa shape index (κ3) is 6.19. The van der Waals surface area contributed by atoms with Crippen LogP contribution >= 0.6 is 0 Å². The molecular formula is C34H47FN6O3. The molecule has 1 unspecified atom stereocenters. The highest BCUT2D eigenvalue weighted by molar-refractivity contribution is 5.97. The minimum atomic E-state index is -2.17. The molecule has 3 heterocycles. The number of carbonyl (C=O) groups excluding carboxylic acids is 2. The van der Waals surface area contributed by atoms with Crippen LogP contribution in [0.1, 0.15) is 93.5 Å². The minimum absolute atomic E-state index is 0.0576. The average molecular weight is 610 g/mol. The second-order valence-corrected chi connectivity index (χ2v) is 14.0. The van der Waals surface area contributed by atoms with Gasteiger partial charge in [-0.1, -0.05) is 6.85 Å². The molecule has 2 aliphatic heterocycles. The molecule has 0 N–H and O–H groups in total. The maximum absolute atomic E-state index is 14.3. The van der Waals surface area contributed by atoms with E-state index >= 15 is 0 Å². The molecule has 9 nitrogen and oxygen atoms in total. The molecule has 2 spiro atoms. The molecule has 2 saturated heterocycles. The number of anilines is 1. The number of amides is 1. The number of Topliss-reactive ketones (excluding diaryl/α,β-unsaturated/α-hetero) is 1. The SMILES string of the molecule is [2H]C([2H])([2H])C1CC2(CCC(CN3CCC4(CC3)CN(c3ncnnc3Oc3ccc(F)cc3C(=O)N(CC)C(C)C)C4)CC2)CC1=O. The Morgan fingerprint density at radius 3 is 2.59 bits per heavy atom. The van der Waals surface area contributed by atoms with Crippen LogP contribution in [0.2, 0.25) is 0 Å². The lowest BCUT2D eigenvalue weighted by Crippen LogP contribution is -2.61. The lowest BCUT2D eigenvalue weighted by atomic mass is 9.68. The lowest BCUT2D eigenvalue weighted by molar-refractivity contribution is -0.120. The molecule has 1 aromatic heterocycles. The molecule has 1 amide bonds. The number of halogens is 1. The van der Waals surface area contributed by atoms with Crippen molar-refractivity contribution in [3.8, 4) is 11.6 Å². The van der Waals surface area contributed by atoms with Gasteiger partial charge in [-0.05, 0) is 108 Å². The zero-order valence-electron chi connectivity index (χ0n) is 29.2. The Labute approximate surface area is 264 Å². The number of nitrogens with zero attached hydrogens (tertiary/aromatic N) is 6. The molecule has 44 heavy (non-hydrogen) atoms. The van der Waals surface area contributed by atoms with E-state index in [0.717, 1.165) is 71.2 Å². The lowest BCUT2D eigenvalue weighted by Gasteiger charge is -2.54. The van der Waals surface area contributed by atoms with E-state index in [9.17, 15) is 14.0 Å². The van der Waals surface area contributed by atoms with E-state index in [-0.39, 0.29) is 45.8 Å². The molecule has 2 aliphatic carbocycles. The standard InChI is InChI=1S/C34H47FN6O3/c1-5-41(23(2)3)32(43)27-16-26(35)6-7-29(27)44-31-30(36-22-37-38-31)40-20-34(21-40)12-14-39(15-13-34)19-25-8-10-33(11-9-25)17-24(4)28(42)18-33/h6-7,16,22-25H,5,8-15,17-21H2,1-4H3/i4D3. The third-order valence-electron chi connectivity index (χ3n) is 10.7. The van der Waals surface area contributed by atoms with Gasteiger partial charge in [-0.3, -0.25) is 9.59 Å². The smallest absolute Gasteiger partial charge is 0.282 e.